The van der Waals surface area contributed by atoms with Gasteiger partial charge in [0.1, 0.15) is 5.82 Å². The molecule has 43 heavy (non-hydrogen) atoms. The van der Waals surface area contributed by atoms with Crippen molar-refractivity contribution in [1.29, 1.82) is 0 Å². The summed E-state index contributed by atoms with van der Waals surface area (Å²) in [7, 11) is 0. The maximum atomic E-state index is 14.4. The topological polar surface area (TPSA) is 51.6 Å². The van der Waals surface area contributed by atoms with Gasteiger partial charge in [-0.1, -0.05) is 29.8 Å². The maximum absolute atomic E-state index is 14.4. The second kappa shape index (κ2) is 10.9. The van der Waals surface area contributed by atoms with Crippen molar-refractivity contribution in [3.8, 4) is 22.6 Å². The van der Waals surface area contributed by atoms with Crippen LogP contribution in [0.4, 0.5) is 61.5 Å². The van der Waals surface area contributed by atoms with Crippen LogP contribution in [0.15, 0.2) is 54.7 Å². The molecule has 0 aliphatic heterocycles. The molecule has 4 nitrogen and oxygen atoms in total. The van der Waals surface area contributed by atoms with E-state index in [2.05, 4.69) is 21.0 Å². The molecule has 0 atom stereocenters. The molecule has 4 aromatic rings. The number of alkyl halides is 14. The van der Waals surface area contributed by atoms with E-state index in [9.17, 15) is 61.5 Å². The van der Waals surface area contributed by atoms with Crippen molar-refractivity contribution in [2.45, 2.75) is 36.0 Å². The van der Waals surface area contributed by atoms with Crippen LogP contribution in [0.3, 0.4) is 0 Å². The molecule has 2 heterocycles. The first-order valence-corrected chi connectivity index (χ1v) is 10.9. The summed E-state index contributed by atoms with van der Waals surface area (Å²) in [5, 5.41) is 0.993. The Hall–Kier alpha value is -3.47. The number of pyridine rings is 1. The number of benzene rings is 2. The average molecular weight is 812 g/mol. The number of fused-ring (bicyclic) bond motifs is 1. The van der Waals surface area contributed by atoms with Gasteiger partial charge in [-0.15, -0.1) is 29.8 Å². The van der Waals surface area contributed by atoms with Crippen molar-refractivity contribution in [3.63, 3.8) is 0 Å². The molecule has 0 aliphatic carbocycles. The van der Waals surface area contributed by atoms with E-state index in [4.69, 9.17) is 0 Å². The molecule has 19 heteroatoms. The van der Waals surface area contributed by atoms with E-state index >= 15 is 0 Å². The van der Waals surface area contributed by atoms with E-state index in [0.717, 1.165) is 18.2 Å². The van der Waals surface area contributed by atoms with E-state index in [1.165, 1.54) is 12.3 Å². The summed E-state index contributed by atoms with van der Waals surface area (Å²) in [4.78, 5) is 11.3. The monoisotopic (exact) mass is 812 g/mol. The largest absolute Gasteiger partial charge is 0.460 e. The molecule has 0 spiro atoms. The van der Waals surface area contributed by atoms with Crippen LogP contribution in [0.2, 0.25) is 0 Å². The summed E-state index contributed by atoms with van der Waals surface area (Å²) in [6.07, 6.45) is -12.9. The fourth-order valence-corrected chi connectivity index (χ4v) is 3.50. The molecule has 0 unspecified atom stereocenters. The molecule has 0 saturated heterocycles. The Bertz CT molecular complexity index is 1580. The zero-order chi connectivity index (χ0) is 31.5. The number of nitrogens with zero attached hydrogens (tertiary/aromatic N) is 4. The predicted octanol–water partition coefficient (Wildman–Crippen LogP) is 8.13. The van der Waals surface area contributed by atoms with E-state index in [0.29, 0.717) is 10.8 Å². The van der Waals surface area contributed by atoms with E-state index in [1.807, 2.05) is 4.98 Å². The molecule has 2 aromatic carbocycles. The van der Waals surface area contributed by atoms with Gasteiger partial charge in [0.2, 0.25) is 11.6 Å². The fraction of sp³-hybridized carbons (Fsp3) is 0.250. The Balaban J connectivity index is 0.00000506. The third kappa shape index (κ3) is 5.63. The van der Waals surface area contributed by atoms with Crippen molar-refractivity contribution in [1.82, 2.24) is 19.9 Å². The summed E-state index contributed by atoms with van der Waals surface area (Å²) in [6, 6.07) is 13.0. The van der Waals surface area contributed by atoms with E-state index in [-0.39, 0.29) is 31.4 Å². The van der Waals surface area contributed by atoms with Crippen LogP contribution >= 0.6 is 0 Å². The SMILES string of the molecule is FC(F)(F)C(F)(F)C(F)(F)c1nc(-c2cc[c-]c(-c3nccc4ccccc34)c2)nc(C(F)(F)C(F)(F)C(F)(F)F)n1.[Ir]. The van der Waals surface area contributed by atoms with Gasteiger partial charge in [0.15, 0.2) is 0 Å². The molecule has 233 valence electrons. The van der Waals surface area contributed by atoms with Crippen LogP contribution in [-0.2, 0) is 32.0 Å². The summed E-state index contributed by atoms with van der Waals surface area (Å²) in [5.41, 5.74) is -0.805. The van der Waals surface area contributed by atoms with Crippen LogP contribution in [0.25, 0.3) is 33.4 Å². The smallest absolute Gasteiger partial charge is 0.304 e. The van der Waals surface area contributed by atoms with Crippen molar-refractivity contribution in [2.75, 3.05) is 0 Å². The van der Waals surface area contributed by atoms with Gasteiger partial charge in [-0.2, -0.15) is 61.5 Å². The summed E-state index contributed by atoms with van der Waals surface area (Å²) >= 11 is 0. The second-order valence-corrected chi connectivity index (χ2v) is 8.47. The van der Waals surface area contributed by atoms with Gasteiger partial charge in [-0.3, -0.25) is 0 Å². The van der Waals surface area contributed by atoms with Crippen molar-refractivity contribution in [2.24, 2.45) is 0 Å². The summed E-state index contributed by atoms with van der Waals surface area (Å²) in [6.45, 7) is 0. The number of hydrogen-bond donors (Lipinski definition) is 0. The molecule has 2 aromatic heterocycles. The first-order valence-electron chi connectivity index (χ1n) is 10.9. The maximum Gasteiger partial charge on any atom is 0.460 e. The van der Waals surface area contributed by atoms with Crippen LogP contribution in [-0.4, -0.2) is 44.1 Å². The Morgan fingerprint density at radius 3 is 1.63 bits per heavy atom. The van der Waals surface area contributed by atoms with Crippen molar-refractivity contribution < 1.29 is 81.6 Å². The molecule has 0 aliphatic rings. The van der Waals surface area contributed by atoms with Crippen molar-refractivity contribution in [3.05, 3.63) is 72.4 Å². The normalized spacial score (nSPS) is 13.6. The van der Waals surface area contributed by atoms with Crippen LogP contribution in [0, 0.1) is 6.07 Å². The number of rotatable bonds is 6. The van der Waals surface area contributed by atoms with Gasteiger partial charge in [-0.05, 0) is 22.5 Å². The van der Waals surface area contributed by atoms with E-state index < -0.39 is 59.1 Å². The van der Waals surface area contributed by atoms with Gasteiger partial charge in [0, 0.05) is 26.3 Å². The third-order valence-corrected chi connectivity index (χ3v) is 5.69. The Morgan fingerprint density at radius 1 is 0.605 bits per heavy atom. The summed E-state index contributed by atoms with van der Waals surface area (Å²) < 4.78 is 189. The first-order chi connectivity index (χ1) is 19.1. The van der Waals surface area contributed by atoms with Gasteiger partial charge >= 0.3 is 36.0 Å². The minimum atomic E-state index is -7.10. The molecular weight excluding hydrogens is 802 g/mol. The molecule has 0 bridgehead atoms. The van der Waals surface area contributed by atoms with Gasteiger partial charge < -0.3 is 4.98 Å². The Labute approximate surface area is 243 Å². The molecule has 0 amide bonds. The number of aromatic nitrogens is 4. The van der Waals surface area contributed by atoms with Crippen molar-refractivity contribution >= 4 is 10.8 Å². The molecule has 0 saturated carbocycles. The first kappa shape index (κ1) is 34.0. The number of halogens is 14. The van der Waals surface area contributed by atoms with Crippen LogP contribution in [0.1, 0.15) is 11.6 Å². The predicted molar refractivity (Wildman–Crippen MR) is 115 cm³/mol. The second-order valence-electron chi connectivity index (χ2n) is 8.47. The van der Waals surface area contributed by atoms with Gasteiger partial charge in [-0.25, -0.2) is 15.0 Å². The Morgan fingerprint density at radius 2 is 1.12 bits per heavy atom. The standard InChI is InChI=1S/C24H9F14N4.Ir/c25-19(26,21(29,30)23(33,34)35)17-40-16(41-18(42-17)20(27,28)22(31,32)24(36,37)38)13-6-3-5-12(10-13)15-14-7-2-1-4-11(14)8-9-39-15;/h1-4,6-10H;/q-1;. The van der Waals surface area contributed by atoms with E-state index in [1.54, 1.807) is 24.3 Å². The molecule has 0 fully saturated rings. The van der Waals surface area contributed by atoms with Gasteiger partial charge in [0.05, 0.1) is 0 Å². The molecule has 0 N–H and O–H groups in total. The quantitative estimate of drug-likeness (QED) is 0.146. The third-order valence-electron chi connectivity index (χ3n) is 5.69. The molecular formula is C24H9F14IrN4-. The fourth-order valence-electron chi connectivity index (χ4n) is 3.50. The molecule has 4 rings (SSSR count). The minimum Gasteiger partial charge on any atom is -0.304 e. The zero-order valence-electron chi connectivity index (χ0n) is 20.1. The van der Waals surface area contributed by atoms with Crippen LogP contribution in [0.5, 0.6) is 0 Å². The Kier molecular flexibility index (Phi) is 8.63. The average Bonchev–Trinajstić information content (AvgIpc) is 2.91. The number of hydrogen-bond acceptors (Lipinski definition) is 4. The molecule has 1 radical (unpaired) electrons. The zero-order valence-corrected chi connectivity index (χ0v) is 22.5. The van der Waals surface area contributed by atoms with Crippen LogP contribution < -0.4 is 0 Å². The summed E-state index contributed by atoms with van der Waals surface area (Å²) in [5.74, 6) is -35.5. The minimum absolute atomic E-state index is 0. The van der Waals surface area contributed by atoms with Gasteiger partial charge in [0.25, 0.3) is 0 Å².